The van der Waals surface area contributed by atoms with Gasteiger partial charge < -0.3 is 9.84 Å². The average Bonchev–Trinajstić information content (AvgIpc) is 3.24. The first kappa shape index (κ1) is 15.8. The van der Waals surface area contributed by atoms with E-state index in [-0.39, 0.29) is 5.56 Å². The van der Waals surface area contributed by atoms with Gasteiger partial charge in [-0.25, -0.2) is 9.78 Å². The van der Waals surface area contributed by atoms with E-state index in [4.69, 9.17) is 9.84 Å². The maximum absolute atomic E-state index is 11.1. The predicted octanol–water partition coefficient (Wildman–Crippen LogP) is 2.43. The quantitative estimate of drug-likeness (QED) is 0.594. The van der Waals surface area contributed by atoms with Crippen molar-refractivity contribution in [3.8, 4) is 11.7 Å². The van der Waals surface area contributed by atoms with Crippen molar-refractivity contribution in [3.63, 3.8) is 0 Å². The maximum atomic E-state index is 11.1. The van der Waals surface area contributed by atoms with E-state index < -0.39 is 5.97 Å². The van der Waals surface area contributed by atoms with E-state index >= 15 is 0 Å². The van der Waals surface area contributed by atoms with Gasteiger partial charge in [0, 0.05) is 30.9 Å². The Hall–Kier alpha value is -3.68. The second-order valence-corrected chi connectivity index (χ2v) is 5.77. The van der Waals surface area contributed by atoms with Crippen molar-refractivity contribution < 1.29 is 14.6 Å². The van der Waals surface area contributed by atoms with E-state index in [1.54, 1.807) is 16.9 Å². The van der Waals surface area contributed by atoms with Gasteiger partial charge in [-0.2, -0.15) is 14.9 Å². The minimum atomic E-state index is -1.02. The molecule has 8 nitrogen and oxygen atoms in total. The fourth-order valence-corrected chi connectivity index (χ4v) is 2.69. The number of hydrogen-bond acceptors (Lipinski definition) is 5. The van der Waals surface area contributed by atoms with Gasteiger partial charge >= 0.3 is 5.97 Å². The highest BCUT2D eigenvalue weighted by Gasteiger charge is 2.11. The van der Waals surface area contributed by atoms with Gasteiger partial charge in [0.2, 0.25) is 5.88 Å². The highest BCUT2D eigenvalue weighted by atomic mass is 16.5. The Balaban J connectivity index is 1.57. The number of carboxylic acid groups (broad SMARTS) is 1. The van der Waals surface area contributed by atoms with Gasteiger partial charge in [-0.3, -0.25) is 4.68 Å². The van der Waals surface area contributed by atoms with Gasteiger partial charge in [-0.15, -0.1) is 0 Å². The summed E-state index contributed by atoms with van der Waals surface area (Å²) in [5.74, 6) is -0.160. The number of rotatable bonds is 5. The van der Waals surface area contributed by atoms with Crippen LogP contribution in [0.3, 0.4) is 0 Å². The van der Waals surface area contributed by atoms with Gasteiger partial charge in [0.15, 0.2) is 5.82 Å². The summed E-state index contributed by atoms with van der Waals surface area (Å²) in [6, 6.07) is 10.5. The largest absolute Gasteiger partial charge is 0.478 e. The normalized spacial score (nSPS) is 11.0. The first-order chi connectivity index (χ1) is 12.6. The average molecular weight is 349 g/mol. The summed E-state index contributed by atoms with van der Waals surface area (Å²) in [6.45, 7) is 0.342. The van der Waals surface area contributed by atoms with Crippen LogP contribution >= 0.6 is 0 Å². The van der Waals surface area contributed by atoms with Crippen LogP contribution in [0.2, 0.25) is 0 Å². The van der Waals surface area contributed by atoms with Crippen molar-refractivity contribution in [2.45, 2.75) is 6.61 Å². The predicted molar refractivity (Wildman–Crippen MR) is 93.4 cm³/mol. The van der Waals surface area contributed by atoms with E-state index in [0.29, 0.717) is 18.3 Å². The summed E-state index contributed by atoms with van der Waals surface area (Å²) >= 11 is 0. The third-order valence-electron chi connectivity index (χ3n) is 3.89. The van der Waals surface area contributed by atoms with Crippen LogP contribution in [0.1, 0.15) is 15.9 Å². The molecule has 0 atom stereocenters. The number of hydrogen-bond donors (Lipinski definition) is 1. The Bertz CT molecular complexity index is 1100. The number of ether oxygens (including phenoxy) is 1. The van der Waals surface area contributed by atoms with E-state index in [2.05, 4.69) is 15.2 Å². The summed E-state index contributed by atoms with van der Waals surface area (Å²) in [7, 11) is 1.88. The number of aromatic nitrogens is 5. The fourth-order valence-electron chi connectivity index (χ4n) is 2.69. The number of aryl methyl sites for hydroxylation is 1. The molecule has 0 amide bonds. The summed E-state index contributed by atoms with van der Waals surface area (Å²) in [5, 5.41) is 18.7. The highest BCUT2D eigenvalue weighted by molar-refractivity contribution is 5.87. The monoisotopic (exact) mass is 349 g/mol. The van der Waals surface area contributed by atoms with Crippen LogP contribution in [0.25, 0.3) is 16.7 Å². The zero-order chi connectivity index (χ0) is 18.1. The fraction of sp³-hybridized carbons (Fsp3) is 0.111. The lowest BCUT2D eigenvalue weighted by atomic mass is 10.2. The Morgan fingerprint density at radius 3 is 2.92 bits per heavy atom. The molecule has 4 aromatic rings. The van der Waals surface area contributed by atoms with Crippen molar-refractivity contribution in [3.05, 3.63) is 66.1 Å². The lowest BCUT2D eigenvalue weighted by Crippen LogP contribution is -2.06. The summed E-state index contributed by atoms with van der Waals surface area (Å²) in [6.07, 6.45) is 4.96. The molecule has 0 saturated carbocycles. The van der Waals surface area contributed by atoms with Crippen LogP contribution in [0.15, 0.2) is 55.0 Å². The molecular weight excluding hydrogens is 334 g/mol. The van der Waals surface area contributed by atoms with Crippen molar-refractivity contribution in [1.29, 1.82) is 0 Å². The van der Waals surface area contributed by atoms with Crippen LogP contribution in [0.5, 0.6) is 5.88 Å². The number of carboxylic acids is 1. The summed E-state index contributed by atoms with van der Waals surface area (Å²) < 4.78 is 9.10. The number of nitrogens with zero attached hydrogens (tertiary/aromatic N) is 5. The van der Waals surface area contributed by atoms with E-state index in [9.17, 15) is 4.79 Å². The van der Waals surface area contributed by atoms with Crippen LogP contribution in [0, 0.1) is 0 Å². The molecular formula is C18H15N5O3. The lowest BCUT2D eigenvalue weighted by molar-refractivity contribution is 0.0696. The smallest absolute Gasteiger partial charge is 0.335 e. The number of pyridine rings is 1. The second-order valence-electron chi connectivity index (χ2n) is 5.77. The molecule has 1 aromatic carbocycles. The van der Waals surface area contributed by atoms with Gasteiger partial charge in [-0.1, -0.05) is 6.07 Å². The van der Waals surface area contributed by atoms with Crippen LogP contribution in [-0.4, -0.2) is 35.6 Å². The molecule has 130 valence electrons. The van der Waals surface area contributed by atoms with Gasteiger partial charge in [-0.05, 0) is 29.8 Å². The molecule has 0 saturated heterocycles. The molecule has 26 heavy (non-hydrogen) atoms. The Labute approximate surface area is 148 Å². The van der Waals surface area contributed by atoms with Crippen molar-refractivity contribution in [2.75, 3.05) is 0 Å². The van der Waals surface area contributed by atoms with E-state index in [1.807, 2.05) is 31.4 Å². The van der Waals surface area contributed by atoms with Crippen molar-refractivity contribution in [2.24, 2.45) is 7.05 Å². The van der Waals surface area contributed by atoms with Gasteiger partial charge in [0.05, 0.1) is 17.3 Å². The molecule has 1 N–H and O–H groups in total. The third kappa shape index (κ3) is 3.00. The number of benzene rings is 1. The standard InChI is InChI=1S/C18H15N5O3/c1-22-10-14-8-12(2-3-15(14)21-22)11-26-17-5-7-20-23(17)16-9-13(18(24)25)4-6-19-16/h2-10H,11H2,1H3,(H,24,25). The summed E-state index contributed by atoms with van der Waals surface area (Å²) in [4.78, 5) is 15.3. The van der Waals surface area contributed by atoms with E-state index in [1.165, 1.54) is 23.0 Å². The number of aromatic carboxylic acids is 1. The SMILES string of the molecule is Cn1cc2cc(COc3ccnn3-c3cc(C(=O)O)ccn3)ccc2n1. The molecule has 8 heteroatoms. The second kappa shape index (κ2) is 6.32. The third-order valence-corrected chi connectivity index (χ3v) is 3.89. The molecule has 0 aliphatic carbocycles. The Morgan fingerprint density at radius 2 is 2.08 bits per heavy atom. The number of carbonyl (C=O) groups is 1. The van der Waals surface area contributed by atoms with Gasteiger partial charge in [0.25, 0.3) is 0 Å². The molecule has 3 aromatic heterocycles. The molecule has 4 rings (SSSR count). The zero-order valence-electron chi connectivity index (χ0n) is 13.9. The molecule has 0 bridgehead atoms. The minimum Gasteiger partial charge on any atom is -0.478 e. The molecule has 0 aliphatic heterocycles. The maximum Gasteiger partial charge on any atom is 0.335 e. The Kier molecular flexibility index (Phi) is 3.85. The first-order valence-corrected chi connectivity index (χ1v) is 7.89. The molecule has 0 spiro atoms. The molecule has 3 heterocycles. The van der Waals surface area contributed by atoms with Crippen LogP contribution < -0.4 is 4.74 Å². The highest BCUT2D eigenvalue weighted by Crippen LogP contribution is 2.19. The minimum absolute atomic E-state index is 0.137. The van der Waals surface area contributed by atoms with Gasteiger partial charge in [0.1, 0.15) is 6.61 Å². The molecule has 0 aliphatic rings. The molecule has 0 fully saturated rings. The van der Waals surface area contributed by atoms with Crippen molar-refractivity contribution in [1.82, 2.24) is 24.5 Å². The van der Waals surface area contributed by atoms with Crippen molar-refractivity contribution >= 4 is 16.9 Å². The molecule has 0 radical (unpaired) electrons. The van der Waals surface area contributed by atoms with Crippen LogP contribution in [-0.2, 0) is 13.7 Å². The summed E-state index contributed by atoms with van der Waals surface area (Å²) in [5.41, 5.74) is 2.06. The Morgan fingerprint density at radius 1 is 1.19 bits per heavy atom. The molecule has 0 unspecified atom stereocenters. The zero-order valence-corrected chi connectivity index (χ0v) is 13.9. The van der Waals surface area contributed by atoms with E-state index in [0.717, 1.165) is 16.5 Å². The van der Waals surface area contributed by atoms with Crippen LogP contribution in [0.4, 0.5) is 0 Å². The number of fused-ring (bicyclic) bond motifs is 1. The lowest BCUT2D eigenvalue weighted by Gasteiger charge is -2.09. The topological polar surface area (TPSA) is 95.1 Å². The first-order valence-electron chi connectivity index (χ1n) is 7.89.